The Morgan fingerprint density at radius 3 is 2.44 bits per heavy atom. The fourth-order valence-electron chi connectivity index (χ4n) is 2.96. The number of hydrogen-bond donors (Lipinski definition) is 1. The van der Waals surface area contributed by atoms with Crippen LogP contribution >= 0.6 is 0 Å². The van der Waals surface area contributed by atoms with Crippen LogP contribution in [0.2, 0.25) is 0 Å². The minimum atomic E-state index is -3.03. The average molecular weight is 366 g/mol. The van der Waals surface area contributed by atoms with Crippen LogP contribution in [0.15, 0.2) is 18.2 Å². The highest BCUT2D eigenvalue weighted by Crippen LogP contribution is 2.12. The first-order valence-electron chi connectivity index (χ1n) is 8.52. The number of rotatable bonds is 5. The first-order valence-corrected chi connectivity index (χ1v) is 10.3. The van der Waals surface area contributed by atoms with Gasteiger partial charge in [0.2, 0.25) is 11.8 Å². The van der Waals surface area contributed by atoms with Crippen molar-refractivity contribution < 1.29 is 18.0 Å². The second kappa shape index (κ2) is 7.99. The SMILES string of the molecule is Cc1ccc(CCC(=O)N[C@H](C)C(=O)N2CCS(=O)(=O)CC2)c(C)c1. The summed E-state index contributed by atoms with van der Waals surface area (Å²) in [6.45, 7) is 6.09. The third-order valence-electron chi connectivity index (χ3n) is 4.52. The van der Waals surface area contributed by atoms with E-state index in [0.29, 0.717) is 12.8 Å². The van der Waals surface area contributed by atoms with Gasteiger partial charge in [0, 0.05) is 19.5 Å². The van der Waals surface area contributed by atoms with Crippen molar-refractivity contribution in [1.82, 2.24) is 10.2 Å². The van der Waals surface area contributed by atoms with Crippen molar-refractivity contribution in [2.45, 2.75) is 39.7 Å². The van der Waals surface area contributed by atoms with Gasteiger partial charge in [-0.2, -0.15) is 0 Å². The Hall–Kier alpha value is -1.89. The van der Waals surface area contributed by atoms with Gasteiger partial charge in [0.05, 0.1) is 11.5 Å². The second-order valence-corrected chi connectivity index (χ2v) is 9.00. The lowest BCUT2D eigenvalue weighted by molar-refractivity contribution is -0.135. The molecule has 1 aliphatic rings. The Kier molecular flexibility index (Phi) is 6.21. The molecule has 7 heteroatoms. The Bertz CT molecular complexity index is 744. The molecule has 0 aliphatic carbocycles. The quantitative estimate of drug-likeness (QED) is 0.843. The van der Waals surface area contributed by atoms with Crippen LogP contribution in [-0.4, -0.2) is 55.8 Å². The summed E-state index contributed by atoms with van der Waals surface area (Å²) in [5.74, 6) is -0.418. The molecule has 0 bridgehead atoms. The van der Waals surface area contributed by atoms with Crippen molar-refractivity contribution in [3.8, 4) is 0 Å². The molecule has 2 rings (SSSR count). The van der Waals surface area contributed by atoms with Crippen LogP contribution < -0.4 is 5.32 Å². The largest absolute Gasteiger partial charge is 0.345 e. The number of sulfone groups is 1. The van der Waals surface area contributed by atoms with Gasteiger partial charge in [0.1, 0.15) is 6.04 Å². The van der Waals surface area contributed by atoms with Crippen LogP contribution in [0, 0.1) is 13.8 Å². The lowest BCUT2D eigenvalue weighted by atomic mass is 10.0. The number of aryl methyl sites for hydroxylation is 3. The van der Waals surface area contributed by atoms with Crippen molar-refractivity contribution in [2.24, 2.45) is 0 Å². The highest BCUT2D eigenvalue weighted by Gasteiger charge is 2.28. The maximum absolute atomic E-state index is 12.3. The predicted molar refractivity (Wildman–Crippen MR) is 97.1 cm³/mol. The zero-order valence-corrected chi connectivity index (χ0v) is 15.9. The number of carbonyl (C=O) groups excluding carboxylic acids is 2. The lowest BCUT2D eigenvalue weighted by Crippen LogP contribution is -2.51. The molecule has 25 heavy (non-hydrogen) atoms. The van der Waals surface area contributed by atoms with Gasteiger partial charge in [-0.05, 0) is 38.3 Å². The first kappa shape index (κ1) is 19.4. The normalized spacial score (nSPS) is 17.8. The minimum absolute atomic E-state index is 0.00783. The number of amides is 2. The Morgan fingerprint density at radius 1 is 1.20 bits per heavy atom. The van der Waals surface area contributed by atoms with E-state index in [0.717, 1.165) is 11.1 Å². The van der Waals surface area contributed by atoms with E-state index in [1.807, 2.05) is 26.0 Å². The molecule has 2 amide bonds. The van der Waals surface area contributed by atoms with E-state index < -0.39 is 15.9 Å². The molecule has 0 aromatic heterocycles. The molecule has 1 aromatic carbocycles. The number of benzene rings is 1. The molecule has 1 aromatic rings. The monoisotopic (exact) mass is 366 g/mol. The molecule has 138 valence electrons. The van der Waals surface area contributed by atoms with E-state index in [-0.39, 0.29) is 36.4 Å². The van der Waals surface area contributed by atoms with E-state index in [2.05, 4.69) is 11.4 Å². The number of nitrogens with one attached hydrogen (secondary N) is 1. The molecule has 0 spiro atoms. The van der Waals surface area contributed by atoms with Gasteiger partial charge in [-0.25, -0.2) is 8.42 Å². The molecule has 1 aliphatic heterocycles. The van der Waals surface area contributed by atoms with Crippen molar-refractivity contribution in [2.75, 3.05) is 24.6 Å². The third-order valence-corrected chi connectivity index (χ3v) is 6.13. The number of hydrogen-bond acceptors (Lipinski definition) is 4. The van der Waals surface area contributed by atoms with Gasteiger partial charge in [0.25, 0.3) is 0 Å². The van der Waals surface area contributed by atoms with Crippen LogP contribution in [0.4, 0.5) is 0 Å². The van der Waals surface area contributed by atoms with E-state index >= 15 is 0 Å². The first-order chi connectivity index (χ1) is 11.7. The van der Waals surface area contributed by atoms with Crippen LogP contribution in [0.1, 0.15) is 30.0 Å². The molecule has 0 unspecified atom stereocenters. The van der Waals surface area contributed by atoms with Crippen LogP contribution in [0.3, 0.4) is 0 Å². The predicted octanol–water partition coefficient (Wildman–Crippen LogP) is 0.998. The maximum Gasteiger partial charge on any atom is 0.244 e. The van der Waals surface area contributed by atoms with Gasteiger partial charge in [0.15, 0.2) is 9.84 Å². The molecular weight excluding hydrogens is 340 g/mol. The average Bonchev–Trinajstić information content (AvgIpc) is 2.53. The third kappa shape index (κ3) is 5.56. The summed E-state index contributed by atoms with van der Waals surface area (Å²) in [6.07, 6.45) is 0.941. The van der Waals surface area contributed by atoms with E-state index in [9.17, 15) is 18.0 Å². The van der Waals surface area contributed by atoms with Crippen molar-refractivity contribution >= 4 is 21.7 Å². The van der Waals surface area contributed by atoms with Crippen LogP contribution in [0.25, 0.3) is 0 Å². The van der Waals surface area contributed by atoms with Crippen molar-refractivity contribution in [1.29, 1.82) is 0 Å². The van der Waals surface area contributed by atoms with Crippen molar-refractivity contribution in [3.63, 3.8) is 0 Å². The van der Waals surface area contributed by atoms with Gasteiger partial charge in [-0.3, -0.25) is 9.59 Å². The Labute approximate surface area is 149 Å². The molecule has 1 heterocycles. The van der Waals surface area contributed by atoms with Gasteiger partial charge >= 0.3 is 0 Å². The maximum atomic E-state index is 12.3. The minimum Gasteiger partial charge on any atom is -0.345 e. The van der Waals surface area contributed by atoms with Gasteiger partial charge in [-0.1, -0.05) is 23.8 Å². The molecule has 1 fully saturated rings. The number of carbonyl (C=O) groups is 2. The smallest absolute Gasteiger partial charge is 0.244 e. The molecule has 6 nitrogen and oxygen atoms in total. The summed E-state index contributed by atoms with van der Waals surface area (Å²) in [5.41, 5.74) is 3.47. The Morgan fingerprint density at radius 2 is 1.84 bits per heavy atom. The second-order valence-electron chi connectivity index (χ2n) is 6.70. The fourth-order valence-corrected chi connectivity index (χ4v) is 4.16. The standard InChI is InChI=1S/C18H26N2O4S/c1-13-4-5-16(14(2)12-13)6-7-17(21)19-15(3)18(22)20-8-10-25(23,24)11-9-20/h4-5,12,15H,6-11H2,1-3H3,(H,19,21)/t15-/m1/s1. The fraction of sp³-hybridized carbons (Fsp3) is 0.556. The number of nitrogens with zero attached hydrogens (tertiary/aromatic N) is 1. The molecule has 1 N–H and O–H groups in total. The van der Waals surface area contributed by atoms with Gasteiger partial charge < -0.3 is 10.2 Å². The van der Waals surface area contributed by atoms with E-state index in [1.165, 1.54) is 10.5 Å². The van der Waals surface area contributed by atoms with E-state index in [4.69, 9.17) is 0 Å². The van der Waals surface area contributed by atoms with Crippen LogP contribution in [-0.2, 0) is 25.8 Å². The zero-order chi connectivity index (χ0) is 18.6. The van der Waals surface area contributed by atoms with Crippen LogP contribution in [0.5, 0.6) is 0 Å². The van der Waals surface area contributed by atoms with E-state index in [1.54, 1.807) is 6.92 Å². The summed E-state index contributed by atoms with van der Waals surface area (Å²) in [5, 5.41) is 2.72. The highest BCUT2D eigenvalue weighted by molar-refractivity contribution is 7.91. The molecule has 0 saturated carbocycles. The Balaban J connectivity index is 1.82. The molecule has 0 radical (unpaired) electrons. The summed E-state index contributed by atoms with van der Waals surface area (Å²) in [7, 11) is -3.03. The molecule has 1 atom stereocenters. The lowest BCUT2D eigenvalue weighted by Gasteiger charge is -2.29. The topological polar surface area (TPSA) is 83.6 Å². The summed E-state index contributed by atoms with van der Waals surface area (Å²) >= 11 is 0. The molecule has 1 saturated heterocycles. The molecular formula is C18H26N2O4S. The van der Waals surface area contributed by atoms with Crippen molar-refractivity contribution in [3.05, 3.63) is 34.9 Å². The summed E-state index contributed by atoms with van der Waals surface area (Å²) in [4.78, 5) is 26.0. The highest BCUT2D eigenvalue weighted by atomic mass is 32.2. The zero-order valence-electron chi connectivity index (χ0n) is 15.0. The summed E-state index contributed by atoms with van der Waals surface area (Å²) in [6, 6.07) is 5.49. The summed E-state index contributed by atoms with van der Waals surface area (Å²) < 4.78 is 22.9. The van der Waals surface area contributed by atoms with Gasteiger partial charge in [-0.15, -0.1) is 0 Å².